The minimum Gasteiger partial charge on any atom is -0.507 e. The van der Waals surface area contributed by atoms with Crippen LogP contribution in [0.2, 0.25) is 0 Å². The van der Waals surface area contributed by atoms with Crippen molar-refractivity contribution in [1.29, 1.82) is 0 Å². The van der Waals surface area contributed by atoms with Gasteiger partial charge in [-0.15, -0.1) is 6.58 Å². The van der Waals surface area contributed by atoms with Crippen molar-refractivity contribution in [1.82, 2.24) is 15.6 Å². The molecule has 1 fully saturated rings. The van der Waals surface area contributed by atoms with Crippen LogP contribution in [0.3, 0.4) is 0 Å². The SMILES string of the molecule is C=CC(C)(C)c1[nH]c2ccccc2c1C=C1NC(=O)C2(CC(C=Cc3c(O)cc(CC=C(C)C)c(O)c3C=O)C=CC2C)NC1=O. The second-order valence-electron chi connectivity index (χ2n) is 13.1. The smallest absolute Gasteiger partial charge is 0.268 e. The minimum atomic E-state index is -1.21. The molecule has 0 bridgehead atoms. The van der Waals surface area contributed by atoms with E-state index >= 15 is 0 Å². The van der Waals surface area contributed by atoms with Crippen molar-refractivity contribution in [3.63, 3.8) is 0 Å². The molecule has 2 aromatic carbocycles. The molecular weight excluding hydrogens is 578 g/mol. The number of para-hydroxylation sites is 1. The average Bonchev–Trinajstić information content (AvgIpc) is 3.40. The molecule has 2 aliphatic rings. The summed E-state index contributed by atoms with van der Waals surface area (Å²) in [7, 11) is 0. The number of benzene rings is 2. The largest absolute Gasteiger partial charge is 0.507 e. The second-order valence-corrected chi connectivity index (χ2v) is 13.1. The number of rotatable bonds is 8. The fraction of sp³-hybridized carbons (Fsp3) is 0.289. The highest BCUT2D eigenvalue weighted by molar-refractivity contribution is 6.10. The maximum Gasteiger partial charge on any atom is 0.268 e. The molecule has 2 amide bonds. The quantitative estimate of drug-likeness (QED) is 0.0838. The van der Waals surface area contributed by atoms with Gasteiger partial charge in [-0.1, -0.05) is 81.0 Å². The number of aromatic amines is 1. The van der Waals surface area contributed by atoms with Gasteiger partial charge in [-0.2, -0.15) is 0 Å². The fourth-order valence-electron chi connectivity index (χ4n) is 6.22. The van der Waals surface area contributed by atoms with E-state index in [-0.39, 0.29) is 52.5 Å². The molecule has 1 spiro atoms. The van der Waals surface area contributed by atoms with Crippen molar-refractivity contribution in [2.45, 2.75) is 58.4 Å². The first-order valence-corrected chi connectivity index (χ1v) is 15.4. The van der Waals surface area contributed by atoms with Crippen LogP contribution in [0.15, 0.2) is 78.6 Å². The first-order valence-electron chi connectivity index (χ1n) is 15.4. The summed E-state index contributed by atoms with van der Waals surface area (Å²) in [6.07, 6.45) is 13.8. The van der Waals surface area contributed by atoms with E-state index in [1.54, 1.807) is 18.2 Å². The number of fused-ring (bicyclic) bond motifs is 1. The molecule has 3 aromatic rings. The summed E-state index contributed by atoms with van der Waals surface area (Å²) in [4.78, 5) is 43.0. The van der Waals surface area contributed by atoms with Crippen LogP contribution in [-0.4, -0.2) is 38.8 Å². The number of aldehydes is 1. The lowest BCUT2D eigenvalue weighted by Crippen LogP contribution is -2.68. The van der Waals surface area contributed by atoms with Crippen LogP contribution in [0, 0.1) is 11.8 Å². The summed E-state index contributed by atoms with van der Waals surface area (Å²) < 4.78 is 0. The third-order valence-electron chi connectivity index (χ3n) is 9.20. The molecule has 8 heteroatoms. The Morgan fingerprint density at radius 2 is 1.85 bits per heavy atom. The molecule has 1 aromatic heterocycles. The van der Waals surface area contributed by atoms with Gasteiger partial charge in [0.15, 0.2) is 6.29 Å². The molecule has 1 aliphatic carbocycles. The van der Waals surface area contributed by atoms with Crippen LogP contribution in [0.4, 0.5) is 0 Å². The van der Waals surface area contributed by atoms with Gasteiger partial charge in [0.2, 0.25) is 0 Å². The van der Waals surface area contributed by atoms with Crippen molar-refractivity contribution < 1.29 is 24.6 Å². The Kier molecular flexibility index (Phi) is 8.67. The Hall–Kier alpha value is -5.11. The van der Waals surface area contributed by atoms with Crippen molar-refractivity contribution in [3.05, 3.63) is 107 Å². The van der Waals surface area contributed by atoms with E-state index in [0.717, 1.165) is 27.7 Å². The maximum atomic E-state index is 13.9. The Bertz CT molecular complexity index is 1870. The van der Waals surface area contributed by atoms with Gasteiger partial charge in [0.05, 0.1) is 5.56 Å². The maximum absolute atomic E-state index is 13.9. The van der Waals surface area contributed by atoms with Crippen LogP contribution in [0.25, 0.3) is 23.1 Å². The molecule has 0 saturated carbocycles. The molecule has 0 radical (unpaired) electrons. The van der Waals surface area contributed by atoms with Crippen molar-refractivity contribution in [3.8, 4) is 11.5 Å². The van der Waals surface area contributed by atoms with Crippen molar-refractivity contribution in [2.75, 3.05) is 0 Å². The number of nitrogens with one attached hydrogen (secondary N) is 3. The topological polar surface area (TPSA) is 132 Å². The fourth-order valence-corrected chi connectivity index (χ4v) is 6.22. The highest BCUT2D eigenvalue weighted by Crippen LogP contribution is 2.39. The van der Waals surface area contributed by atoms with E-state index in [1.165, 1.54) is 6.07 Å². The average molecular weight is 620 g/mol. The number of hydrogen-bond acceptors (Lipinski definition) is 5. The molecule has 3 unspecified atom stereocenters. The molecule has 5 N–H and O–H groups in total. The van der Waals surface area contributed by atoms with Gasteiger partial charge in [0.25, 0.3) is 11.8 Å². The molecule has 238 valence electrons. The Morgan fingerprint density at radius 1 is 1.11 bits per heavy atom. The third kappa shape index (κ3) is 5.83. The number of aromatic hydroxyl groups is 2. The molecule has 3 atom stereocenters. The van der Waals surface area contributed by atoms with Gasteiger partial charge in [-0.25, -0.2) is 0 Å². The zero-order valence-electron chi connectivity index (χ0n) is 26.9. The third-order valence-corrected chi connectivity index (χ3v) is 9.20. The molecule has 8 nitrogen and oxygen atoms in total. The van der Waals surface area contributed by atoms with Crippen LogP contribution in [0.1, 0.15) is 73.8 Å². The van der Waals surface area contributed by atoms with E-state index in [9.17, 15) is 24.6 Å². The number of carbonyl (C=O) groups is 3. The first-order chi connectivity index (χ1) is 21.8. The van der Waals surface area contributed by atoms with Crippen LogP contribution < -0.4 is 10.6 Å². The zero-order valence-corrected chi connectivity index (χ0v) is 26.9. The number of phenolic OH excluding ortho intramolecular Hbond substituents is 2. The second kappa shape index (κ2) is 12.4. The van der Waals surface area contributed by atoms with E-state index in [4.69, 9.17) is 0 Å². The van der Waals surface area contributed by atoms with Crippen molar-refractivity contribution >= 4 is 41.2 Å². The van der Waals surface area contributed by atoms with Crippen molar-refractivity contribution in [2.24, 2.45) is 11.8 Å². The summed E-state index contributed by atoms with van der Waals surface area (Å²) in [6.45, 7) is 13.8. The summed E-state index contributed by atoms with van der Waals surface area (Å²) in [5, 5.41) is 28.4. The van der Waals surface area contributed by atoms with Crippen LogP contribution in [0.5, 0.6) is 11.5 Å². The normalized spacial score (nSPS) is 22.3. The minimum absolute atomic E-state index is 0.00829. The zero-order chi connectivity index (χ0) is 33.4. The number of H-pyrrole nitrogens is 1. The number of amides is 2. The van der Waals surface area contributed by atoms with E-state index in [0.29, 0.717) is 18.3 Å². The van der Waals surface area contributed by atoms with E-state index in [1.807, 2.05) is 83.2 Å². The Labute approximate surface area is 269 Å². The van der Waals surface area contributed by atoms with E-state index in [2.05, 4.69) is 22.2 Å². The van der Waals surface area contributed by atoms with Crippen LogP contribution in [-0.2, 0) is 21.4 Å². The van der Waals surface area contributed by atoms with Gasteiger partial charge in [-0.05, 0) is 50.8 Å². The number of carbonyl (C=O) groups excluding carboxylic acids is 3. The number of phenols is 2. The summed E-state index contributed by atoms with van der Waals surface area (Å²) >= 11 is 0. The standard InChI is InChI=1S/C38H41N3O5/c1-7-37(5,6)34-28(26-10-8-9-11-30(26)39-34)19-31-35(45)41-38(36(46)40-31)20-24(14-13-23(38)4)15-17-27-29(21-42)33(44)25(18-32(27)43)16-12-22(2)3/h7-15,17-19,21,23-24,39,43-44H,1,16,20H2,2-6H3,(H,40,46)(H,41,45). The highest BCUT2D eigenvalue weighted by Gasteiger charge is 2.50. The Balaban J connectivity index is 1.44. The monoisotopic (exact) mass is 619 g/mol. The Morgan fingerprint density at radius 3 is 2.54 bits per heavy atom. The lowest BCUT2D eigenvalue weighted by molar-refractivity contribution is -0.138. The lowest BCUT2D eigenvalue weighted by atomic mass is 9.71. The number of hydrogen-bond donors (Lipinski definition) is 5. The van der Waals surface area contributed by atoms with Gasteiger partial charge in [0, 0.05) is 44.6 Å². The summed E-state index contributed by atoms with van der Waals surface area (Å²) in [6, 6.07) is 9.27. The van der Waals surface area contributed by atoms with Gasteiger partial charge in [0.1, 0.15) is 22.7 Å². The van der Waals surface area contributed by atoms with Gasteiger partial charge >= 0.3 is 0 Å². The number of piperazine rings is 1. The van der Waals surface area contributed by atoms with Crippen LogP contribution >= 0.6 is 0 Å². The van der Waals surface area contributed by atoms with Gasteiger partial charge in [-0.3, -0.25) is 14.4 Å². The highest BCUT2D eigenvalue weighted by atomic mass is 16.3. The molecule has 1 saturated heterocycles. The predicted molar refractivity (Wildman–Crippen MR) is 182 cm³/mol. The molecule has 5 rings (SSSR count). The number of aromatic nitrogens is 1. The molecule has 1 aliphatic heterocycles. The summed E-state index contributed by atoms with van der Waals surface area (Å²) in [5.41, 5.74) is 2.79. The van der Waals surface area contributed by atoms with Gasteiger partial charge < -0.3 is 25.8 Å². The first kappa shape index (κ1) is 32.3. The lowest BCUT2D eigenvalue weighted by Gasteiger charge is -2.44. The number of allylic oxidation sites excluding steroid dienone is 5. The predicted octanol–water partition coefficient (Wildman–Crippen LogP) is 6.62. The molecule has 2 heterocycles. The summed E-state index contributed by atoms with van der Waals surface area (Å²) in [5.74, 6) is -1.64. The van der Waals surface area contributed by atoms with E-state index < -0.39 is 16.9 Å². The molecule has 46 heavy (non-hydrogen) atoms. The molecular formula is C38H41N3O5.